The maximum atomic E-state index is 13.0. The van der Waals surface area contributed by atoms with Gasteiger partial charge in [-0.25, -0.2) is 4.98 Å². The van der Waals surface area contributed by atoms with Gasteiger partial charge in [-0.05, 0) is 37.8 Å². The van der Waals surface area contributed by atoms with Gasteiger partial charge in [0.15, 0.2) is 5.69 Å². The lowest BCUT2D eigenvalue weighted by Gasteiger charge is -2.37. The number of amides is 1. The van der Waals surface area contributed by atoms with E-state index in [-0.39, 0.29) is 12.0 Å². The van der Waals surface area contributed by atoms with Crippen molar-refractivity contribution in [2.24, 2.45) is 0 Å². The van der Waals surface area contributed by atoms with Gasteiger partial charge in [-0.15, -0.1) is 6.58 Å². The summed E-state index contributed by atoms with van der Waals surface area (Å²) in [5.74, 6) is 0.529. The van der Waals surface area contributed by atoms with Crippen LogP contribution in [0, 0.1) is 13.8 Å². The number of aryl methyl sites for hydroxylation is 2. The molecule has 2 fully saturated rings. The van der Waals surface area contributed by atoms with Gasteiger partial charge in [0.2, 0.25) is 5.89 Å². The van der Waals surface area contributed by atoms with Crippen LogP contribution in [0.5, 0.6) is 0 Å². The normalized spacial score (nSPS) is 18.6. The summed E-state index contributed by atoms with van der Waals surface area (Å²) in [6.45, 7) is 15.9. The van der Waals surface area contributed by atoms with E-state index in [0.717, 1.165) is 52.1 Å². The smallest absolute Gasteiger partial charge is 0.275 e. The maximum Gasteiger partial charge on any atom is 0.275 e. The summed E-state index contributed by atoms with van der Waals surface area (Å²) in [7, 11) is 0. The van der Waals surface area contributed by atoms with Gasteiger partial charge in [0, 0.05) is 64.6 Å². The molecule has 0 saturated carbocycles. The third-order valence-corrected chi connectivity index (χ3v) is 7.09. The lowest BCUT2D eigenvalue weighted by atomic mass is 10.1. The van der Waals surface area contributed by atoms with Crippen LogP contribution in [-0.4, -0.2) is 95.7 Å². The van der Waals surface area contributed by atoms with Crippen LogP contribution in [0.3, 0.4) is 0 Å². The molecule has 0 aliphatic carbocycles. The average molecular weight is 482 g/mol. The molecule has 2 saturated heterocycles. The van der Waals surface area contributed by atoms with E-state index in [9.17, 15) is 9.90 Å². The number of hydrogen-bond donors (Lipinski definition) is 1. The van der Waals surface area contributed by atoms with Crippen LogP contribution in [-0.2, 0) is 6.54 Å². The average Bonchev–Trinajstić information content (AvgIpc) is 3.32. The molecule has 4 rings (SSSR count). The van der Waals surface area contributed by atoms with E-state index in [4.69, 9.17) is 4.42 Å². The number of para-hydroxylation sites is 1. The van der Waals surface area contributed by atoms with Crippen LogP contribution < -0.4 is 4.90 Å². The second-order valence-electron chi connectivity index (χ2n) is 9.74. The molecule has 1 aromatic heterocycles. The van der Waals surface area contributed by atoms with Gasteiger partial charge < -0.3 is 19.3 Å². The Labute approximate surface area is 208 Å². The Morgan fingerprint density at radius 2 is 1.74 bits per heavy atom. The minimum Gasteiger partial charge on any atom is -0.447 e. The van der Waals surface area contributed by atoms with Gasteiger partial charge in [-0.2, -0.15) is 0 Å². The van der Waals surface area contributed by atoms with Gasteiger partial charge >= 0.3 is 0 Å². The minimum absolute atomic E-state index is 0.0560. The molecular weight excluding hydrogens is 442 g/mol. The Bertz CT molecular complexity index is 970. The van der Waals surface area contributed by atoms with E-state index in [1.54, 1.807) is 0 Å². The van der Waals surface area contributed by atoms with Crippen molar-refractivity contribution < 1.29 is 14.3 Å². The summed E-state index contributed by atoms with van der Waals surface area (Å²) < 4.78 is 5.66. The first-order valence-electron chi connectivity index (χ1n) is 12.7. The number of β-amino-alcohol motifs (C(OH)–C–C–N with tert-alkyl or cyclic N) is 1. The van der Waals surface area contributed by atoms with E-state index in [2.05, 4.69) is 58.3 Å². The van der Waals surface area contributed by atoms with Crippen LogP contribution >= 0.6 is 0 Å². The molecule has 0 spiro atoms. The summed E-state index contributed by atoms with van der Waals surface area (Å²) >= 11 is 0. The Morgan fingerprint density at radius 3 is 2.40 bits per heavy atom. The summed E-state index contributed by atoms with van der Waals surface area (Å²) in [5.41, 5.74) is 4.23. The molecule has 35 heavy (non-hydrogen) atoms. The number of carbonyl (C=O) groups is 1. The first-order valence-corrected chi connectivity index (χ1v) is 12.7. The molecule has 0 unspecified atom stereocenters. The lowest BCUT2D eigenvalue weighted by molar-refractivity contribution is 0.0642. The zero-order chi connectivity index (χ0) is 24.8. The first-order chi connectivity index (χ1) is 16.9. The molecule has 1 atom stereocenters. The zero-order valence-corrected chi connectivity index (χ0v) is 21.2. The predicted octanol–water partition coefficient (Wildman–Crippen LogP) is 2.70. The molecule has 3 heterocycles. The number of aliphatic hydroxyl groups excluding tert-OH is 1. The number of hydrogen-bond acceptors (Lipinski definition) is 7. The number of piperazine rings is 2. The van der Waals surface area contributed by atoms with Crippen molar-refractivity contribution in [1.29, 1.82) is 0 Å². The topological polar surface area (TPSA) is 76.3 Å². The highest BCUT2D eigenvalue weighted by Gasteiger charge is 2.26. The molecule has 8 heteroatoms. The van der Waals surface area contributed by atoms with Gasteiger partial charge in [0.05, 0.1) is 12.6 Å². The van der Waals surface area contributed by atoms with Gasteiger partial charge in [0.25, 0.3) is 5.91 Å². The quantitative estimate of drug-likeness (QED) is 0.552. The van der Waals surface area contributed by atoms with Crippen molar-refractivity contribution in [1.82, 2.24) is 19.7 Å². The lowest BCUT2D eigenvalue weighted by Crippen LogP contribution is -2.49. The third kappa shape index (κ3) is 6.51. The molecule has 0 radical (unpaired) electrons. The van der Waals surface area contributed by atoms with Crippen molar-refractivity contribution in [3.63, 3.8) is 0 Å². The number of benzene rings is 1. The highest BCUT2D eigenvalue weighted by Crippen LogP contribution is 2.26. The molecule has 1 aromatic carbocycles. The predicted molar refractivity (Wildman–Crippen MR) is 138 cm³/mol. The number of aliphatic hydroxyl groups is 1. The molecule has 1 N–H and O–H groups in total. The van der Waals surface area contributed by atoms with Crippen LogP contribution in [0.4, 0.5) is 5.69 Å². The van der Waals surface area contributed by atoms with Crippen LogP contribution in [0.25, 0.3) is 0 Å². The van der Waals surface area contributed by atoms with Gasteiger partial charge in [-0.3, -0.25) is 14.6 Å². The molecule has 2 aromatic rings. The summed E-state index contributed by atoms with van der Waals surface area (Å²) in [6.07, 6.45) is 4.65. The molecule has 190 valence electrons. The fraction of sp³-hybridized carbons (Fsp3) is 0.556. The monoisotopic (exact) mass is 481 g/mol. The van der Waals surface area contributed by atoms with E-state index in [1.807, 2.05) is 11.0 Å². The fourth-order valence-electron chi connectivity index (χ4n) is 5.10. The number of allylic oxidation sites excluding steroid dienone is 1. The Kier molecular flexibility index (Phi) is 8.59. The van der Waals surface area contributed by atoms with Crippen molar-refractivity contribution in [2.45, 2.75) is 39.3 Å². The van der Waals surface area contributed by atoms with E-state index in [0.29, 0.717) is 37.8 Å². The van der Waals surface area contributed by atoms with Crippen LogP contribution in [0.15, 0.2) is 41.5 Å². The Morgan fingerprint density at radius 1 is 1.09 bits per heavy atom. The maximum absolute atomic E-state index is 13.0. The SMILES string of the molecule is C=CCC[C@@H](O)CN1CCN(Cc2nc(C(=O)N3CCN(c4c(C)cccc4C)CC3)co2)CC1. The Hall–Kier alpha value is -2.68. The molecular formula is C27H39N5O3. The highest BCUT2D eigenvalue weighted by molar-refractivity contribution is 5.92. The number of oxazole rings is 1. The second-order valence-corrected chi connectivity index (χ2v) is 9.74. The van der Waals surface area contributed by atoms with E-state index in [1.165, 1.54) is 23.1 Å². The molecule has 2 aliphatic rings. The van der Waals surface area contributed by atoms with Crippen LogP contribution in [0.1, 0.15) is 40.3 Å². The highest BCUT2D eigenvalue weighted by atomic mass is 16.3. The second kappa shape index (κ2) is 11.8. The number of nitrogens with zero attached hydrogens (tertiary/aromatic N) is 5. The molecule has 1 amide bonds. The van der Waals surface area contributed by atoms with E-state index >= 15 is 0 Å². The van der Waals surface area contributed by atoms with Crippen molar-refractivity contribution in [3.05, 3.63) is 59.8 Å². The number of rotatable bonds is 9. The molecule has 2 aliphatic heterocycles. The zero-order valence-electron chi connectivity index (χ0n) is 21.2. The molecule has 0 bridgehead atoms. The molecule has 8 nitrogen and oxygen atoms in total. The van der Waals surface area contributed by atoms with Crippen molar-refractivity contribution in [3.8, 4) is 0 Å². The summed E-state index contributed by atoms with van der Waals surface area (Å²) in [6, 6.07) is 6.38. The number of anilines is 1. The Balaban J connectivity index is 1.23. The van der Waals surface area contributed by atoms with Gasteiger partial charge in [-0.1, -0.05) is 24.3 Å². The van der Waals surface area contributed by atoms with Crippen molar-refractivity contribution in [2.75, 3.05) is 63.8 Å². The fourth-order valence-corrected chi connectivity index (χ4v) is 5.10. The standard InChI is InChI=1S/C27H39N5O3/c1-4-5-9-23(33)18-29-10-12-30(13-11-29)19-25-28-24(20-35-25)27(34)32-16-14-31(15-17-32)26-21(2)7-6-8-22(26)3/h4,6-8,20,23,33H,1,5,9-19H2,2-3H3/t23-/m1/s1. The van der Waals surface area contributed by atoms with E-state index < -0.39 is 0 Å². The largest absolute Gasteiger partial charge is 0.447 e. The number of carbonyl (C=O) groups excluding carboxylic acids is 1. The number of aromatic nitrogens is 1. The minimum atomic E-state index is -0.303. The van der Waals surface area contributed by atoms with Crippen LogP contribution in [0.2, 0.25) is 0 Å². The van der Waals surface area contributed by atoms with Crippen molar-refractivity contribution >= 4 is 11.6 Å². The van der Waals surface area contributed by atoms with Gasteiger partial charge in [0.1, 0.15) is 6.26 Å². The third-order valence-electron chi connectivity index (χ3n) is 7.09. The summed E-state index contributed by atoms with van der Waals surface area (Å²) in [5, 5.41) is 10.1. The summed E-state index contributed by atoms with van der Waals surface area (Å²) in [4.78, 5) is 26.4. The first kappa shape index (κ1) is 25.4.